The molecule has 0 fully saturated rings. The topological polar surface area (TPSA) is 106 Å². The van der Waals surface area contributed by atoms with Crippen LogP contribution in [0.25, 0.3) is 10.9 Å². The fraction of sp³-hybridized carbons (Fsp3) is 0.278. The number of nitrogens with zero attached hydrogens (tertiary/aromatic N) is 1. The molecule has 2 N–H and O–H groups in total. The molecule has 26 heavy (non-hydrogen) atoms. The molecule has 1 aliphatic rings. The summed E-state index contributed by atoms with van der Waals surface area (Å²) in [5.41, 5.74) is 0.977. The summed E-state index contributed by atoms with van der Waals surface area (Å²) in [7, 11) is 0. The van der Waals surface area contributed by atoms with Crippen molar-refractivity contribution in [1.29, 1.82) is 0 Å². The van der Waals surface area contributed by atoms with Gasteiger partial charge in [0, 0.05) is 29.5 Å². The monoisotopic (exact) mass is 355 g/mol. The number of ether oxygens (including phenoxy) is 2. The second-order valence-electron chi connectivity index (χ2n) is 6.08. The lowest BCUT2D eigenvalue weighted by Gasteiger charge is -2.18. The number of amides is 1. The summed E-state index contributed by atoms with van der Waals surface area (Å²) in [6, 6.07) is 7.00. The SMILES string of the molecule is Cc1cc(NC(=O)CCc2cc3cc4c(cc3[nH]c2=O)OCCO4)no1. The molecule has 4 rings (SSSR count). The van der Waals surface area contributed by atoms with Gasteiger partial charge in [-0.05, 0) is 25.5 Å². The molecule has 0 radical (unpaired) electrons. The summed E-state index contributed by atoms with van der Waals surface area (Å²) in [5, 5.41) is 7.18. The maximum absolute atomic E-state index is 12.3. The highest BCUT2D eigenvalue weighted by Crippen LogP contribution is 2.33. The molecule has 3 aromatic rings. The normalized spacial score (nSPS) is 13.0. The van der Waals surface area contributed by atoms with Gasteiger partial charge in [-0.3, -0.25) is 9.59 Å². The van der Waals surface area contributed by atoms with Crippen LogP contribution in [0.4, 0.5) is 5.82 Å². The first kappa shape index (κ1) is 16.2. The molecule has 0 atom stereocenters. The van der Waals surface area contributed by atoms with Crippen molar-refractivity contribution in [2.75, 3.05) is 18.5 Å². The minimum Gasteiger partial charge on any atom is -0.486 e. The number of hydrogen-bond acceptors (Lipinski definition) is 6. The average molecular weight is 355 g/mol. The lowest BCUT2D eigenvalue weighted by Crippen LogP contribution is -2.18. The van der Waals surface area contributed by atoms with E-state index in [0.29, 0.717) is 53.8 Å². The van der Waals surface area contributed by atoms with E-state index in [1.165, 1.54) is 0 Å². The molecular weight excluding hydrogens is 338 g/mol. The molecule has 1 amide bonds. The molecule has 0 spiro atoms. The smallest absolute Gasteiger partial charge is 0.251 e. The molecule has 2 aromatic heterocycles. The van der Waals surface area contributed by atoms with Crippen LogP contribution in [0.15, 0.2) is 33.6 Å². The molecule has 3 heterocycles. The maximum atomic E-state index is 12.3. The Kier molecular flexibility index (Phi) is 4.08. The molecule has 0 bridgehead atoms. The van der Waals surface area contributed by atoms with Crippen molar-refractivity contribution in [3.8, 4) is 11.5 Å². The van der Waals surface area contributed by atoms with E-state index in [9.17, 15) is 9.59 Å². The highest BCUT2D eigenvalue weighted by atomic mass is 16.6. The number of nitrogens with one attached hydrogen (secondary N) is 2. The quantitative estimate of drug-likeness (QED) is 0.743. The number of aromatic amines is 1. The van der Waals surface area contributed by atoms with Crippen molar-refractivity contribution in [3.05, 3.63) is 45.9 Å². The summed E-state index contributed by atoms with van der Waals surface area (Å²) in [6.45, 7) is 2.72. The molecule has 8 nitrogen and oxygen atoms in total. The first-order chi connectivity index (χ1) is 12.6. The second-order valence-corrected chi connectivity index (χ2v) is 6.08. The Morgan fingerprint density at radius 3 is 2.69 bits per heavy atom. The number of fused-ring (bicyclic) bond motifs is 2. The molecule has 1 aromatic carbocycles. The standard InChI is InChI=1S/C18H17N3O5/c1-10-6-16(21-26-10)20-17(22)3-2-11-7-12-8-14-15(25-5-4-24-14)9-13(12)19-18(11)23/h6-9H,2-5H2,1H3,(H,19,23)(H,20,21,22). The van der Waals surface area contributed by atoms with Crippen LogP contribution >= 0.6 is 0 Å². The van der Waals surface area contributed by atoms with Gasteiger partial charge in [-0.25, -0.2) is 0 Å². The van der Waals surface area contributed by atoms with Gasteiger partial charge in [0.1, 0.15) is 19.0 Å². The van der Waals surface area contributed by atoms with Gasteiger partial charge in [-0.15, -0.1) is 0 Å². The third-order valence-corrected chi connectivity index (χ3v) is 4.10. The third-order valence-electron chi connectivity index (χ3n) is 4.10. The Morgan fingerprint density at radius 1 is 1.19 bits per heavy atom. The van der Waals surface area contributed by atoms with Crippen LogP contribution in [0, 0.1) is 6.92 Å². The van der Waals surface area contributed by atoms with Crippen molar-refractivity contribution >= 4 is 22.6 Å². The van der Waals surface area contributed by atoms with E-state index in [1.807, 2.05) is 6.07 Å². The first-order valence-electron chi connectivity index (χ1n) is 8.27. The van der Waals surface area contributed by atoms with Crippen LogP contribution in [-0.4, -0.2) is 29.3 Å². The fourth-order valence-corrected chi connectivity index (χ4v) is 2.85. The molecule has 134 valence electrons. The minimum absolute atomic E-state index is 0.158. The molecule has 0 aliphatic carbocycles. The van der Waals surface area contributed by atoms with Crippen molar-refractivity contribution in [2.24, 2.45) is 0 Å². The lowest BCUT2D eigenvalue weighted by molar-refractivity contribution is -0.116. The minimum atomic E-state index is -0.236. The molecule has 0 saturated heterocycles. The van der Waals surface area contributed by atoms with Gasteiger partial charge < -0.3 is 24.3 Å². The molecular formula is C18H17N3O5. The average Bonchev–Trinajstić information content (AvgIpc) is 3.03. The highest BCUT2D eigenvalue weighted by Gasteiger charge is 2.14. The Labute approximate surface area is 148 Å². The van der Waals surface area contributed by atoms with E-state index in [0.717, 1.165) is 5.39 Å². The highest BCUT2D eigenvalue weighted by molar-refractivity contribution is 5.90. The summed E-state index contributed by atoms with van der Waals surface area (Å²) >= 11 is 0. The number of benzene rings is 1. The number of anilines is 1. The van der Waals surface area contributed by atoms with Gasteiger partial charge in [-0.1, -0.05) is 5.16 Å². The van der Waals surface area contributed by atoms with Gasteiger partial charge in [0.2, 0.25) is 5.91 Å². The van der Waals surface area contributed by atoms with Crippen LogP contribution < -0.4 is 20.3 Å². The Balaban J connectivity index is 1.51. The van der Waals surface area contributed by atoms with Crippen LogP contribution in [0.2, 0.25) is 0 Å². The molecule has 1 aliphatic heterocycles. The van der Waals surface area contributed by atoms with E-state index in [2.05, 4.69) is 15.5 Å². The Bertz CT molecular complexity index is 1040. The van der Waals surface area contributed by atoms with E-state index in [-0.39, 0.29) is 17.9 Å². The predicted octanol–water partition coefficient (Wildman–Crippen LogP) is 2.17. The summed E-state index contributed by atoms with van der Waals surface area (Å²) in [5.74, 6) is 2.01. The van der Waals surface area contributed by atoms with E-state index in [4.69, 9.17) is 14.0 Å². The van der Waals surface area contributed by atoms with Gasteiger partial charge in [-0.2, -0.15) is 0 Å². The summed E-state index contributed by atoms with van der Waals surface area (Å²) < 4.78 is 16.0. The predicted molar refractivity (Wildman–Crippen MR) is 93.7 cm³/mol. The number of H-pyrrole nitrogens is 1. The van der Waals surface area contributed by atoms with Gasteiger partial charge in [0.25, 0.3) is 5.56 Å². The maximum Gasteiger partial charge on any atom is 0.251 e. The zero-order valence-corrected chi connectivity index (χ0v) is 14.1. The number of rotatable bonds is 4. The summed E-state index contributed by atoms with van der Waals surface area (Å²) in [4.78, 5) is 27.1. The molecule has 8 heteroatoms. The fourth-order valence-electron chi connectivity index (χ4n) is 2.85. The first-order valence-corrected chi connectivity index (χ1v) is 8.27. The van der Waals surface area contributed by atoms with E-state index >= 15 is 0 Å². The van der Waals surface area contributed by atoms with E-state index < -0.39 is 0 Å². The number of carbonyl (C=O) groups is 1. The van der Waals surface area contributed by atoms with Crippen molar-refractivity contribution in [1.82, 2.24) is 10.1 Å². The second kappa shape index (κ2) is 6.55. The molecule has 0 saturated carbocycles. The van der Waals surface area contributed by atoms with Crippen molar-refractivity contribution in [3.63, 3.8) is 0 Å². The largest absolute Gasteiger partial charge is 0.486 e. The van der Waals surface area contributed by atoms with Gasteiger partial charge in [0.15, 0.2) is 17.3 Å². The zero-order chi connectivity index (χ0) is 18.1. The Morgan fingerprint density at radius 2 is 1.96 bits per heavy atom. The Hall–Kier alpha value is -3.29. The van der Waals surface area contributed by atoms with E-state index in [1.54, 1.807) is 25.1 Å². The third kappa shape index (κ3) is 3.26. The number of pyridine rings is 1. The van der Waals surface area contributed by atoms with Crippen molar-refractivity contribution < 1.29 is 18.8 Å². The van der Waals surface area contributed by atoms with Crippen molar-refractivity contribution in [2.45, 2.75) is 19.8 Å². The molecule has 0 unspecified atom stereocenters. The van der Waals surface area contributed by atoms with Crippen LogP contribution in [0.5, 0.6) is 11.5 Å². The number of hydrogen-bond donors (Lipinski definition) is 2. The summed E-state index contributed by atoms with van der Waals surface area (Å²) in [6.07, 6.45) is 0.466. The van der Waals surface area contributed by atoms with Gasteiger partial charge in [0.05, 0.1) is 5.52 Å². The van der Waals surface area contributed by atoms with Crippen LogP contribution in [0.3, 0.4) is 0 Å². The van der Waals surface area contributed by atoms with Gasteiger partial charge >= 0.3 is 0 Å². The van der Waals surface area contributed by atoms with Crippen LogP contribution in [0.1, 0.15) is 17.7 Å². The lowest BCUT2D eigenvalue weighted by atomic mass is 10.1. The number of aryl methyl sites for hydroxylation is 2. The number of carbonyl (C=O) groups excluding carboxylic acids is 1. The number of aromatic nitrogens is 2. The van der Waals surface area contributed by atoms with Crippen LogP contribution in [-0.2, 0) is 11.2 Å². The zero-order valence-electron chi connectivity index (χ0n) is 14.1.